The molecular weight excluding hydrogens is 636 g/mol. The topological polar surface area (TPSA) is 71.9 Å². The lowest BCUT2D eigenvalue weighted by atomic mass is 9.91. The zero-order chi connectivity index (χ0) is 35.6. The zero-order valence-corrected chi connectivity index (χ0v) is 31.2. The first-order valence-corrected chi connectivity index (χ1v) is 19.4. The minimum atomic E-state index is 0.583. The van der Waals surface area contributed by atoms with Crippen LogP contribution < -0.4 is 23.7 Å². The maximum Gasteiger partial charge on any atom is 0.169 e. The molecule has 0 unspecified atom stereocenters. The zero-order valence-electron chi connectivity index (χ0n) is 31.2. The number of hydrogen-bond acceptors (Lipinski definition) is 7. The quantitative estimate of drug-likeness (QED) is 0.0448. The van der Waals surface area contributed by atoms with Gasteiger partial charge in [-0.25, -0.2) is 9.97 Å². The van der Waals surface area contributed by atoms with Crippen LogP contribution in [-0.2, 0) is 0 Å². The van der Waals surface area contributed by atoms with Gasteiger partial charge < -0.3 is 23.7 Å². The monoisotopic (exact) mass is 690 g/mol. The van der Waals surface area contributed by atoms with Crippen molar-refractivity contribution in [2.75, 3.05) is 33.0 Å². The van der Waals surface area contributed by atoms with Gasteiger partial charge in [0.15, 0.2) is 23.0 Å². The van der Waals surface area contributed by atoms with E-state index in [4.69, 9.17) is 33.7 Å². The first-order chi connectivity index (χ1) is 25.1. The van der Waals surface area contributed by atoms with Gasteiger partial charge >= 0.3 is 0 Å². The van der Waals surface area contributed by atoms with Gasteiger partial charge in [0.05, 0.1) is 44.1 Å². The highest BCUT2D eigenvalue weighted by Crippen LogP contribution is 2.49. The Morgan fingerprint density at radius 1 is 0.412 bits per heavy atom. The number of ether oxygens (including phenoxy) is 5. The van der Waals surface area contributed by atoms with Gasteiger partial charge in [-0.05, 0) is 96.1 Å². The maximum atomic E-state index is 6.76. The summed E-state index contributed by atoms with van der Waals surface area (Å²) < 4.78 is 32.7. The van der Waals surface area contributed by atoms with Crippen molar-refractivity contribution in [3.8, 4) is 28.7 Å². The number of rotatable bonds is 20. The van der Waals surface area contributed by atoms with Crippen molar-refractivity contribution in [3.05, 3.63) is 54.6 Å². The predicted molar refractivity (Wildman–Crippen MR) is 212 cm³/mol. The minimum absolute atomic E-state index is 0.583. The van der Waals surface area contributed by atoms with Gasteiger partial charge in [0.25, 0.3) is 0 Å². The molecule has 7 nitrogen and oxygen atoms in total. The summed E-state index contributed by atoms with van der Waals surface area (Å²) in [6, 6.07) is 18.8. The molecule has 270 valence electrons. The van der Waals surface area contributed by atoms with Crippen molar-refractivity contribution in [2.45, 2.75) is 98.8 Å². The molecule has 0 atom stereocenters. The molecule has 7 heteroatoms. The summed E-state index contributed by atoms with van der Waals surface area (Å²) in [5.74, 6) is 3.74. The number of fused-ring (bicyclic) bond motifs is 9. The van der Waals surface area contributed by atoms with Gasteiger partial charge in [0.2, 0.25) is 0 Å². The Bertz CT molecular complexity index is 2090. The average molecular weight is 691 g/mol. The standard InChI is InChI=1S/C44H54N2O5/c1-6-11-22-47-36-21-20-30-31-27-37(48-23-12-7-2)38(49-24-13-8-3)28-32(31)33-29-39(50-25-14-9-4)42-43(46-35-19-17-16-18-34(35)45-42)40(33)41(30)44(36)51-26-15-10-5/h16-21,27-29H,6-15,22-26H2,1-5H3. The van der Waals surface area contributed by atoms with Crippen LogP contribution >= 0.6 is 0 Å². The van der Waals surface area contributed by atoms with Crippen LogP contribution in [0.5, 0.6) is 28.7 Å². The van der Waals surface area contributed by atoms with Crippen molar-refractivity contribution in [3.63, 3.8) is 0 Å². The minimum Gasteiger partial charge on any atom is -0.491 e. The Balaban J connectivity index is 1.77. The summed E-state index contributed by atoms with van der Waals surface area (Å²) in [7, 11) is 0. The molecule has 0 aliphatic rings. The van der Waals surface area contributed by atoms with Gasteiger partial charge in [-0.1, -0.05) is 78.9 Å². The summed E-state index contributed by atoms with van der Waals surface area (Å²) in [4.78, 5) is 10.6. The molecule has 1 aromatic heterocycles. The summed E-state index contributed by atoms with van der Waals surface area (Å²) in [5.41, 5.74) is 3.19. The van der Waals surface area contributed by atoms with Crippen molar-refractivity contribution in [2.24, 2.45) is 0 Å². The largest absolute Gasteiger partial charge is 0.491 e. The van der Waals surface area contributed by atoms with Crippen LogP contribution in [-0.4, -0.2) is 43.0 Å². The molecule has 5 aromatic carbocycles. The normalized spacial score (nSPS) is 11.6. The van der Waals surface area contributed by atoms with Gasteiger partial charge in [-0.3, -0.25) is 0 Å². The van der Waals surface area contributed by atoms with Crippen molar-refractivity contribution >= 4 is 54.4 Å². The Kier molecular flexibility index (Phi) is 12.5. The molecule has 0 radical (unpaired) electrons. The van der Waals surface area contributed by atoms with Crippen molar-refractivity contribution < 1.29 is 23.7 Å². The molecule has 0 N–H and O–H groups in total. The first kappa shape index (κ1) is 36.3. The fourth-order valence-electron chi connectivity index (χ4n) is 6.47. The summed E-state index contributed by atoms with van der Waals surface area (Å²) in [6.07, 6.45) is 9.98. The highest BCUT2D eigenvalue weighted by molar-refractivity contribution is 6.33. The van der Waals surface area contributed by atoms with Crippen LogP contribution in [0.2, 0.25) is 0 Å². The Labute approximate surface area is 302 Å². The molecule has 0 aliphatic heterocycles. The third-order valence-electron chi connectivity index (χ3n) is 9.39. The third-order valence-corrected chi connectivity index (χ3v) is 9.39. The Morgan fingerprint density at radius 3 is 1.41 bits per heavy atom. The smallest absolute Gasteiger partial charge is 0.169 e. The fraction of sp³-hybridized carbons (Fsp3) is 0.455. The molecule has 0 saturated carbocycles. The lowest BCUT2D eigenvalue weighted by molar-refractivity contribution is 0.262. The molecule has 0 bridgehead atoms. The molecular formula is C44H54N2O5. The second-order valence-corrected chi connectivity index (χ2v) is 13.4. The van der Waals surface area contributed by atoms with E-state index in [2.05, 4.69) is 65.0 Å². The third kappa shape index (κ3) is 7.88. The van der Waals surface area contributed by atoms with E-state index in [0.717, 1.165) is 147 Å². The van der Waals surface area contributed by atoms with Crippen LogP contribution in [0.4, 0.5) is 0 Å². The van der Waals surface area contributed by atoms with Crippen LogP contribution in [0.3, 0.4) is 0 Å². The maximum absolute atomic E-state index is 6.76. The second kappa shape index (κ2) is 17.6. The Morgan fingerprint density at radius 2 is 0.863 bits per heavy atom. The van der Waals surface area contributed by atoms with E-state index in [0.29, 0.717) is 33.0 Å². The van der Waals surface area contributed by atoms with Crippen LogP contribution in [0.15, 0.2) is 54.6 Å². The summed E-state index contributed by atoms with van der Waals surface area (Å²) >= 11 is 0. The predicted octanol–water partition coefficient (Wildman–Crippen LogP) is 12.1. The van der Waals surface area contributed by atoms with Crippen molar-refractivity contribution in [1.82, 2.24) is 9.97 Å². The van der Waals surface area contributed by atoms with E-state index in [9.17, 15) is 0 Å². The average Bonchev–Trinajstić information content (AvgIpc) is 3.15. The molecule has 0 aliphatic carbocycles. The number of nitrogens with zero attached hydrogens (tertiary/aromatic N) is 2. The molecule has 0 fully saturated rings. The van der Waals surface area contributed by atoms with Crippen LogP contribution in [0.1, 0.15) is 98.8 Å². The van der Waals surface area contributed by atoms with Gasteiger partial charge in [0.1, 0.15) is 16.8 Å². The molecule has 0 spiro atoms. The van der Waals surface area contributed by atoms with Crippen molar-refractivity contribution in [1.29, 1.82) is 0 Å². The van der Waals surface area contributed by atoms with Gasteiger partial charge in [-0.2, -0.15) is 0 Å². The molecule has 1 heterocycles. The molecule has 51 heavy (non-hydrogen) atoms. The molecule has 6 aromatic rings. The van der Waals surface area contributed by atoms with E-state index in [1.807, 2.05) is 24.3 Å². The number of hydrogen-bond donors (Lipinski definition) is 0. The summed E-state index contributed by atoms with van der Waals surface area (Å²) in [5, 5.41) is 6.09. The van der Waals surface area contributed by atoms with Gasteiger partial charge in [-0.15, -0.1) is 0 Å². The lowest BCUT2D eigenvalue weighted by Crippen LogP contribution is -2.05. The Hall–Kier alpha value is -4.52. The summed E-state index contributed by atoms with van der Waals surface area (Å²) in [6.45, 7) is 13.9. The lowest BCUT2D eigenvalue weighted by Gasteiger charge is -2.21. The fourth-order valence-corrected chi connectivity index (χ4v) is 6.47. The number of benzene rings is 5. The SMILES string of the molecule is CCCCOc1cc2c(cc1OCCCC)c1cc(OCCCC)c3nc4ccccc4nc3c1c1c(OCCCC)c(OCCCC)ccc21. The highest BCUT2D eigenvalue weighted by atomic mass is 16.5. The number of para-hydroxylation sites is 2. The molecule has 0 amide bonds. The first-order valence-electron chi connectivity index (χ1n) is 19.4. The van der Waals surface area contributed by atoms with Crippen LogP contribution in [0, 0.1) is 0 Å². The van der Waals surface area contributed by atoms with E-state index >= 15 is 0 Å². The highest BCUT2D eigenvalue weighted by Gasteiger charge is 2.24. The van der Waals surface area contributed by atoms with E-state index < -0.39 is 0 Å². The van der Waals surface area contributed by atoms with E-state index in [1.54, 1.807) is 0 Å². The van der Waals surface area contributed by atoms with Gasteiger partial charge in [0, 0.05) is 10.8 Å². The van der Waals surface area contributed by atoms with Crippen LogP contribution in [0.25, 0.3) is 54.4 Å². The molecule has 6 rings (SSSR count). The van der Waals surface area contributed by atoms with E-state index in [1.165, 1.54) is 0 Å². The second-order valence-electron chi connectivity index (χ2n) is 13.4. The van der Waals surface area contributed by atoms with E-state index in [-0.39, 0.29) is 0 Å². The number of aromatic nitrogens is 2. The molecule has 0 saturated heterocycles. The number of unbranched alkanes of at least 4 members (excludes halogenated alkanes) is 5.